The fraction of sp³-hybridized carbons (Fsp3) is 0.684. The molecule has 2 fully saturated rings. The summed E-state index contributed by atoms with van der Waals surface area (Å²) in [6.45, 7) is 1.93. The normalized spacial score (nSPS) is 21.9. The van der Waals surface area contributed by atoms with E-state index >= 15 is 0 Å². The lowest BCUT2D eigenvalue weighted by molar-refractivity contribution is 0.325. The van der Waals surface area contributed by atoms with Gasteiger partial charge in [0.2, 0.25) is 5.89 Å². The molecule has 1 saturated carbocycles. The van der Waals surface area contributed by atoms with Gasteiger partial charge in [0.05, 0.1) is 0 Å². The fourth-order valence-electron chi connectivity index (χ4n) is 4.55. The summed E-state index contributed by atoms with van der Waals surface area (Å²) in [4.78, 5) is 7.06. The molecule has 0 spiro atoms. The minimum atomic E-state index is 0.482. The molecule has 9 heteroatoms. The van der Waals surface area contributed by atoms with E-state index in [0.717, 1.165) is 43.5 Å². The maximum absolute atomic E-state index is 5.62. The maximum atomic E-state index is 5.62. The van der Waals surface area contributed by atoms with Crippen molar-refractivity contribution in [1.82, 2.24) is 35.4 Å². The van der Waals surface area contributed by atoms with E-state index in [9.17, 15) is 0 Å². The van der Waals surface area contributed by atoms with E-state index in [4.69, 9.17) is 9.51 Å². The second-order valence-electron chi connectivity index (χ2n) is 8.11. The first-order valence-corrected chi connectivity index (χ1v) is 10.5. The van der Waals surface area contributed by atoms with Crippen molar-refractivity contribution in [3.05, 3.63) is 23.8 Å². The smallest absolute Gasteiger partial charge is 0.226 e. The van der Waals surface area contributed by atoms with Gasteiger partial charge in [0.25, 0.3) is 0 Å². The number of tetrazole rings is 1. The van der Waals surface area contributed by atoms with E-state index in [1.165, 1.54) is 49.6 Å². The van der Waals surface area contributed by atoms with Crippen LogP contribution in [-0.2, 0) is 6.42 Å². The van der Waals surface area contributed by atoms with Crippen LogP contribution in [0.2, 0.25) is 0 Å². The minimum Gasteiger partial charge on any atom is -0.355 e. The van der Waals surface area contributed by atoms with Crippen molar-refractivity contribution in [3.8, 4) is 0 Å². The SMILES string of the molecule is c1cc2nnnn2nc1N1CCCC(Cc2nc(C3CCCCCC3)no2)C1. The molecule has 0 N–H and O–H groups in total. The summed E-state index contributed by atoms with van der Waals surface area (Å²) >= 11 is 0. The Kier molecular flexibility index (Phi) is 4.88. The van der Waals surface area contributed by atoms with Crippen molar-refractivity contribution in [1.29, 1.82) is 0 Å². The van der Waals surface area contributed by atoms with Crippen molar-refractivity contribution in [3.63, 3.8) is 0 Å². The molecule has 0 radical (unpaired) electrons. The van der Waals surface area contributed by atoms with Gasteiger partial charge in [-0.2, -0.15) is 4.98 Å². The zero-order valence-corrected chi connectivity index (χ0v) is 16.1. The van der Waals surface area contributed by atoms with Gasteiger partial charge in [0, 0.05) is 25.4 Å². The van der Waals surface area contributed by atoms with Crippen LogP contribution in [0.25, 0.3) is 5.65 Å². The molecule has 3 aromatic rings. The van der Waals surface area contributed by atoms with Crippen LogP contribution in [0, 0.1) is 5.92 Å². The van der Waals surface area contributed by atoms with Gasteiger partial charge in [-0.05, 0) is 54.2 Å². The van der Waals surface area contributed by atoms with Crippen LogP contribution >= 0.6 is 0 Å². The first kappa shape index (κ1) is 17.5. The van der Waals surface area contributed by atoms with Gasteiger partial charge in [-0.3, -0.25) is 0 Å². The molecule has 148 valence electrons. The van der Waals surface area contributed by atoms with Crippen LogP contribution in [0.5, 0.6) is 0 Å². The number of hydrogen-bond donors (Lipinski definition) is 0. The fourth-order valence-corrected chi connectivity index (χ4v) is 4.55. The summed E-state index contributed by atoms with van der Waals surface area (Å²) in [5, 5.41) is 20.3. The first-order chi connectivity index (χ1) is 13.8. The summed E-state index contributed by atoms with van der Waals surface area (Å²) in [6, 6.07) is 3.90. The second-order valence-corrected chi connectivity index (χ2v) is 8.11. The summed E-state index contributed by atoms with van der Waals surface area (Å²) in [5.41, 5.74) is 0.661. The lowest BCUT2D eigenvalue weighted by atomic mass is 9.94. The average Bonchev–Trinajstić information content (AvgIpc) is 3.30. The highest BCUT2D eigenvalue weighted by Gasteiger charge is 2.25. The molecule has 28 heavy (non-hydrogen) atoms. The van der Waals surface area contributed by atoms with Crippen LogP contribution in [0.1, 0.15) is 69.0 Å². The molecule has 0 amide bonds. The molecule has 1 atom stereocenters. The van der Waals surface area contributed by atoms with E-state index in [0.29, 0.717) is 17.5 Å². The number of anilines is 1. The molecule has 3 aromatic heterocycles. The second kappa shape index (κ2) is 7.81. The third-order valence-corrected chi connectivity index (χ3v) is 6.07. The van der Waals surface area contributed by atoms with Gasteiger partial charge in [-0.25, -0.2) is 0 Å². The third-order valence-electron chi connectivity index (χ3n) is 6.07. The van der Waals surface area contributed by atoms with Crippen LogP contribution < -0.4 is 4.90 Å². The predicted octanol–water partition coefficient (Wildman–Crippen LogP) is 2.80. The largest absolute Gasteiger partial charge is 0.355 e. The quantitative estimate of drug-likeness (QED) is 0.635. The van der Waals surface area contributed by atoms with Crippen molar-refractivity contribution in [2.75, 3.05) is 18.0 Å². The van der Waals surface area contributed by atoms with Gasteiger partial charge in [0.15, 0.2) is 17.3 Å². The van der Waals surface area contributed by atoms with E-state index in [2.05, 4.69) is 30.7 Å². The topological polar surface area (TPSA) is 98.1 Å². The number of hydrogen-bond acceptors (Lipinski definition) is 8. The Morgan fingerprint density at radius 2 is 1.93 bits per heavy atom. The molecular weight excluding hydrogens is 356 g/mol. The number of fused-ring (bicyclic) bond motifs is 1. The number of nitrogens with zero attached hydrogens (tertiary/aromatic N) is 8. The van der Waals surface area contributed by atoms with Crippen LogP contribution in [-0.4, -0.2) is 48.5 Å². The highest BCUT2D eigenvalue weighted by atomic mass is 16.5. The lowest BCUT2D eigenvalue weighted by Gasteiger charge is -2.32. The van der Waals surface area contributed by atoms with Gasteiger partial charge < -0.3 is 9.42 Å². The average molecular weight is 382 g/mol. The van der Waals surface area contributed by atoms with Gasteiger partial charge in [-0.1, -0.05) is 30.8 Å². The van der Waals surface area contributed by atoms with Crippen LogP contribution in [0.3, 0.4) is 0 Å². The maximum Gasteiger partial charge on any atom is 0.226 e. The van der Waals surface area contributed by atoms with E-state index in [1.807, 2.05) is 12.1 Å². The number of aromatic nitrogens is 7. The van der Waals surface area contributed by atoms with Gasteiger partial charge in [0.1, 0.15) is 0 Å². The van der Waals surface area contributed by atoms with Crippen molar-refractivity contribution >= 4 is 11.5 Å². The Balaban J connectivity index is 1.24. The highest BCUT2D eigenvalue weighted by molar-refractivity contribution is 5.44. The molecule has 1 saturated heterocycles. The highest BCUT2D eigenvalue weighted by Crippen LogP contribution is 2.30. The summed E-state index contributed by atoms with van der Waals surface area (Å²) in [7, 11) is 0. The molecule has 0 bridgehead atoms. The molecule has 1 unspecified atom stereocenters. The van der Waals surface area contributed by atoms with Crippen LogP contribution in [0.15, 0.2) is 16.7 Å². The third kappa shape index (κ3) is 3.70. The summed E-state index contributed by atoms with van der Waals surface area (Å²) in [5.74, 6) is 3.59. The number of rotatable bonds is 4. The molecule has 9 nitrogen and oxygen atoms in total. The van der Waals surface area contributed by atoms with Crippen molar-refractivity contribution < 1.29 is 4.52 Å². The monoisotopic (exact) mass is 382 g/mol. The molecular formula is C19H26N8O. The Hall–Kier alpha value is -2.58. The van der Waals surface area contributed by atoms with Gasteiger partial charge >= 0.3 is 0 Å². The molecule has 5 rings (SSSR count). The summed E-state index contributed by atoms with van der Waals surface area (Å²) in [6.07, 6.45) is 10.8. The Bertz CT molecular complexity index is 913. The van der Waals surface area contributed by atoms with Crippen molar-refractivity contribution in [2.45, 2.75) is 63.7 Å². The molecule has 4 heterocycles. The minimum absolute atomic E-state index is 0.482. The standard InChI is InChI=1S/C19H26N8O/c1-2-4-8-15(7-3-1)19-20-18(28-23-19)12-14-6-5-11-26(13-14)17-10-9-16-21-24-25-27(16)22-17/h9-10,14-15H,1-8,11-13H2. The first-order valence-electron chi connectivity index (χ1n) is 10.5. The zero-order chi connectivity index (χ0) is 18.8. The number of piperidine rings is 1. The van der Waals surface area contributed by atoms with Crippen molar-refractivity contribution in [2.24, 2.45) is 5.92 Å². The Morgan fingerprint density at radius 3 is 2.82 bits per heavy atom. The predicted molar refractivity (Wildman–Crippen MR) is 102 cm³/mol. The van der Waals surface area contributed by atoms with E-state index in [1.54, 1.807) is 0 Å². The van der Waals surface area contributed by atoms with E-state index in [-0.39, 0.29) is 0 Å². The summed E-state index contributed by atoms with van der Waals surface area (Å²) < 4.78 is 7.11. The zero-order valence-electron chi connectivity index (χ0n) is 16.1. The Labute approximate surface area is 163 Å². The molecule has 0 aromatic carbocycles. The molecule has 1 aliphatic carbocycles. The molecule has 2 aliphatic rings. The van der Waals surface area contributed by atoms with E-state index < -0.39 is 0 Å². The molecule has 1 aliphatic heterocycles. The Morgan fingerprint density at radius 1 is 1.04 bits per heavy atom. The van der Waals surface area contributed by atoms with Gasteiger partial charge in [-0.15, -0.1) is 14.8 Å². The van der Waals surface area contributed by atoms with Crippen LogP contribution in [0.4, 0.5) is 5.82 Å². The lowest BCUT2D eigenvalue weighted by Crippen LogP contribution is -2.37.